The van der Waals surface area contributed by atoms with E-state index in [0.29, 0.717) is 27.2 Å². The highest BCUT2D eigenvalue weighted by Crippen LogP contribution is 2.44. The number of benzene rings is 1. The Labute approximate surface area is 132 Å². The summed E-state index contributed by atoms with van der Waals surface area (Å²) in [6.45, 7) is 13.5. The summed E-state index contributed by atoms with van der Waals surface area (Å²) >= 11 is 6.40. The van der Waals surface area contributed by atoms with Gasteiger partial charge in [0, 0.05) is 6.07 Å². The largest absolute Gasteiger partial charge is 0.542 e. The van der Waals surface area contributed by atoms with Gasteiger partial charge in [0.25, 0.3) is 8.32 Å². The maximum absolute atomic E-state index is 6.61. The zero-order chi connectivity index (χ0) is 15.8. The molecular weight excluding hydrogens is 302 g/mol. The Morgan fingerprint density at radius 2 is 1.62 bits per heavy atom. The lowest BCUT2D eigenvalue weighted by molar-refractivity contribution is 0.479. The SMILES string of the molecule is CC(C)[Si](Oc1cc2ocnc2cc1Cl)(C(C)C)C(C)C. The van der Waals surface area contributed by atoms with E-state index in [0.717, 1.165) is 11.3 Å². The number of oxazole rings is 1. The van der Waals surface area contributed by atoms with Crippen molar-refractivity contribution >= 4 is 31.0 Å². The van der Waals surface area contributed by atoms with Crippen LogP contribution >= 0.6 is 11.6 Å². The summed E-state index contributed by atoms with van der Waals surface area (Å²) in [5, 5.41) is 0.607. The summed E-state index contributed by atoms with van der Waals surface area (Å²) in [5.74, 6) is 0.726. The molecule has 0 aliphatic carbocycles. The second kappa shape index (κ2) is 6.01. The molecule has 0 unspecified atom stereocenters. The Bertz CT molecular complexity index is 600. The molecule has 0 fully saturated rings. The Balaban J connectivity index is 2.49. The van der Waals surface area contributed by atoms with E-state index in [1.165, 1.54) is 6.39 Å². The van der Waals surface area contributed by atoms with Crippen molar-refractivity contribution in [1.82, 2.24) is 4.98 Å². The van der Waals surface area contributed by atoms with Crippen LogP contribution in [0.1, 0.15) is 41.5 Å². The fourth-order valence-electron chi connectivity index (χ4n) is 3.48. The zero-order valence-electron chi connectivity index (χ0n) is 13.6. The minimum Gasteiger partial charge on any atom is -0.542 e. The zero-order valence-corrected chi connectivity index (χ0v) is 15.4. The number of fused-ring (bicyclic) bond motifs is 1. The molecular formula is C16H24ClNO2Si. The van der Waals surface area contributed by atoms with Crippen LogP contribution in [0.4, 0.5) is 0 Å². The first kappa shape index (κ1) is 16.4. The Morgan fingerprint density at radius 3 is 2.14 bits per heavy atom. The normalized spacial score (nSPS) is 12.9. The van der Waals surface area contributed by atoms with E-state index in [9.17, 15) is 0 Å². The van der Waals surface area contributed by atoms with Gasteiger partial charge < -0.3 is 8.84 Å². The molecule has 0 radical (unpaired) electrons. The van der Waals surface area contributed by atoms with Crippen LogP contribution in [0.3, 0.4) is 0 Å². The lowest BCUT2D eigenvalue weighted by Gasteiger charge is -2.42. The van der Waals surface area contributed by atoms with Gasteiger partial charge in [0.15, 0.2) is 12.0 Å². The molecule has 116 valence electrons. The third-order valence-electron chi connectivity index (χ3n) is 4.38. The van der Waals surface area contributed by atoms with Gasteiger partial charge in [0.2, 0.25) is 0 Å². The molecule has 0 aliphatic rings. The smallest absolute Gasteiger partial charge is 0.258 e. The van der Waals surface area contributed by atoms with E-state index in [1.807, 2.05) is 12.1 Å². The third kappa shape index (κ3) is 2.84. The monoisotopic (exact) mass is 325 g/mol. The molecule has 5 heteroatoms. The van der Waals surface area contributed by atoms with E-state index in [-0.39, 0.29) is 0 Å². The Kier molecular flexibility index (Phi) is 4.68. The summed E-state index contributed by atoms with van der Waals surface area (Å²) in [6.07, 6.45) is 1.43. The molecule has 0 spiro atoms. The molecule has 0 bridgehead atoms. The number of nitrogens with zero attached hydrogens (tertiary/aromatic N) is 1. The predicted molar refractivity (Wildman–Crippen MR) is 90.7 cm³/mol. The van der Waals surface area contributed by atoms with Gasteiger partial charge in [0.1, 0.15) is 11.3 Å². The van der Waals surface area contributed by atoms with E-state index < -0.39 is 8.32 Å². The van der Waals surface area contributed by atoms with Crippen LogP contribution in [0, 0.1) is 0 Å². The highest BCUT2D eigenvalue weighted by Gasteiger charge is 2.47. The number of rotatable bonds is 5. The van der Waals surface area contributed by atoms with Crippen LogP contribution in [0.5, 0.6) is 5.75 Å². The van der Waals surface area contributed by atoms with Gasteiger partial charge in [0.05, 0.1) is 5.02 Å². The molecule has 2 aromatic rings. The van der Waals surface area contributed by atoms with Gasteiger partial charge in [-0.3, -0.25) is 0 Å². The average Bonchev–Trinajstić information content (AvgIpc) is 2.81. The number of hydrogen-bond acceptors (Lipinski definition) is 3. The molecule has 2 rings (SSSR count). The van der Waals surface area contributed by atoms with Crippen LogP contribution < -0.4 is 4.43 Å². The van der Waals surface area contributed by atoms with Crippen molar-refractivity contribution in [3.05, 3.63) is 23.5 Å². The number of aromatic nitrogens is 1. The molecule has 0 saturated heterocycles. The van der Waals surface area contributed by atoms with Gasteiger partial charge in [-0.15, -0.1) is 0 Å². The minimum atomic E-state index is -2.01. The van der Waals surface area contributed by atoms with Crippen LogP contribution in [-0.2, 0) is 0 Å². The highest BCUT2D eigenvalue weighted by molar-refractivity contribution is 6.78. The maximum atomic E-state index is 6.61. The van der Waals surface area contributed by atoms with Crippen molar-refractivity contribution in [2.24, 2.45) is 0 Å². The molecule has 0 aliphatic heterocycles. The topological polar surface area (TPSA) is 35.3 Å². The summed E-state index contributed by atoms with van der Waals surface area (Å²) in [5.41, 5.74) is 2.98. The summed E-state index contributed by atoms with van der Waals surface area (Å²) in [6, 6.07) is 3.69. The van der Waals surface area contributed by atoms with Crippen molar-refractivity contribution in [2.45, 2.75) is 58.2 Å². The van der Waals surface area contributed by atoms with Gasteiger partial charge in [-0.25, -0.2) is 4.98 Å². The fourth-order valence-corrected chi connectivity index (χ4v) is 9.00. The average molecular weight is 326 g/mol. The molecule has 0 amide bonds. The van der Waals surface area contributed by atoms with Crippen molar-refractivity contribution < 1.29 is 8.84 Å². The van der Waals surface area contributed by atoms with E-state index in [1.54, 1.807) is 0 Å². The minimum absolute atomic E-state index is 0.499. The molecule has 21 heavy (non-hydrogen) atoms. The van der Waals surface area contributed by atoms with Gasteiger partial charge >= 0.3 is 0 Å². The van der Waals surface area contributed by atoms with Gasteiger partial charge in [-0.2, -0.15) is 0 Å². The van der Waals surface area contributed by atoms with Crippen LogP contribution in [0.2, 0.25) is 21.6 Å². The quantitative estimate of drug-likeness (QED) is 0.629. The van der Waals surface area contributed by atoms with Gasteiger partial charge in [-0.1, -0.05) is 53.1 Å². The van der Waals surface area contributed by atoms with Crippen molar-refractivity contribution in [3.63, 3.8) is 0 Å². The molecule has 3 nitrogen and oxygen atoms in total. The summed E-state index contributed by atoms with van der Waals surface area (Å²) in [7, 11) is -2.01. The van der Waals surface area contributed by atoms with E-state index in [2.05, 4.69) is 46.5 Å². The van der Waals surface area contributed by atoms with Crippen LogP contribution in [0.25, 0.3) is 11.1 Å². The number of hydrogen-bond donors (Lipinski definition) is 0. The number of halogens is 1. The second-order valence-electron chi connectivity index (χ2n) is 6.52. The molecule has 1 aromatic heterocycles. The second-order valence-corrected chi connectivity index (χ2v) is 12.3. The molecule has 1 aromatic carbocycles. The van der Waals surface area contributed by atoms with Crippen molar-refractivity contribution in [3.8, 4) is 5.75 Å². The van der Waals surface area contributed by atoms with Crippen LogP contribution in [-0.4, -0.2) is 13.3 Å². The maximum Gasteiger partial charge on any atom is 0.258 e. The van der Waals surface area contributed by atoms with E-state index in [4.69, 9.17) is 20.4 Å². The van der Waals surface area contributed by atoms with Crippen LogP contribution in [0.15, 0.2) is 22.9 Å². The van der Waals surface area contributed by atoms with E-state index >= 15 is 0 Å². The van der Waals surface area contributed by atoms with Crippen molar-refractivity contribution in [2.75, 3.05) is 0 Å². The molecule has 0 N–H and O–H groups in total. The third-order valence-corrected chi connectivity index (χ3v) is 10.7. The first-order chi connectivity index (χ1) is 9.79. The molecule has 0 saturated carbocycles. The molecule has 0 atom stereocenters. The Morgan fingerprint density at radius 1 is 1.05 bits per heavy atom. The van der Waals surface area contributed by atoms with Crippen molar-refractivity contribution in [1.29, 1.82) is 0 Å². The highest BCUT2D eigenvalue weighted by atomic mass is 35.5. The fraction of sp³-hybridized carbons (Fsp3) is 0.562. The predicted octanol–water partition coefficient (Wildman–Crippen LogP) is 6.04. The van der Waals surface area contributed by atoms with Gasteiger partial charge in [-0.05, 0) is 22.7 Å². The first-order valence-corrected chi connectivity index (χ1v) is 10.0. The summed E-state index contributed by atoms with van der Waals surface area (Å²) in [4.78, 5) is 4.13. The standard InChI is InChI=1S/C16H24ClNO2Si/c1-10(2)21(11(3)4,12(5)6)20-15-8-16-14(7-13(15)17)18-9-19-16/h7-12H,1-6H3. The lowest BCUT2D eigenvalue weighted by atomic mass is 10.3. The summed E-state index contributed by atoms with van der Waals surface area (Å²) < 4.78 is 12.0. The molecule has 1 heterocycles. The first-order valence-electron chi connectivity index (χ1n) is 7.50. The Hall–Kier alpha value is -1.00. The lowest BCUT2D eigenvalue weighted by Crippen LogP contribution is -2.50.